The summed E-state index contributed by atoms with van der Waals surface area (Å²) in [6.45, 7) is 0. The van der Waals surface area contributed by atoms with Gasteiger partial charge in [0.1, 0.15) is 10.8 Å². The number of anilines is 1. The van der Waals surface area contributed by atoms with Crippen LogP contribution in [0.5, 0.6) is 0 Å². The van der Waals surface area contributed by atoms with Crippen molar-refractivity contribution in [2.75, 3.05) is 10.5 Å². The molecule has 1 aliphatic carbocycles. The fraction of sp³-hybridized carbons (Fsp3) is 0.500. The largest absolute Gasteiger partial charge is 0.389 e. The van der Waals surface area contributed by atoms with E-state index in [9.17, 15) is 12.8 Å². The van der Waals surface area contributed by atoms with Crippen molar-refractivity contribution in [2.45, 2.75) is 32.1 Å². The number of thiocarbonyl (C=S) groups is 1. The molecule has 2 rings (SSSR count). The van der Waals surface area contributed by atoms with Gasteiger partial charge in [0.05, 0.1) is 11.4 Å². The molecule has 0 unspecified atom stereocenters. The molecule has 21 heavy (non-hydrogen) atoms. The maximum absolute atomic E-state index is 13.2. The second kappa shape index (κ2) is 6.70. The van der Waals surface area contributed by atoms with Crippen LogP contribution in [0.1, 0.15) is 37.7 Å². The van der Waals surface area contributed by atoms with Crippen molar-refractivity contribution in [1.82, 2.24) is 0 Å². The Morgan fingerprint density at radius 3 is 2.62 bits per heavy atom. The molecular weight excluding hydrogens is 311 g/mol. The summed E-state index contributed by atoms with van der Waals surface area (Å²) >= 11 is 4.84. The van der Waals surface area contributed by atoms with Gasteiger partial charge in [0.25, 0.3) is 0 Å². The molecule has 0 spiro atoms. The molecule has 1 aromatic rings. The summed E-state index contributed by atoms with van der Waals surface area (Å²) in [6, 6.07) is 3.67. The highest BCUT2D eigenvalue weighted by molar-refractivity contribution is 7.92. The van der Waals surface area contributed by atoms with E-state index < -0.39 is 15.8 Å². The Morgan fingerprint density at radius 1 is 1.33 bits per heavy atom. The van der Waals surface area contributed by atoms with Crippen LogP contribution in [0.15, 0.2) is 18.2 Å². The summed E-state index contributed by atoms with van der Waals surface area (Å²) in [5.74, 6) is -0.237. The number of nitrogens with one attached hydrogen (secondary N) is 1. The second-order valence-corrected chi connectivity index (χ2v) is 7.65. The van der Waals surface area contributed by atoms with Crippen LogP contribution in [0.25, 0.3) is 0 Å². The minimum atomic E-state index is -3.49. The molecule has 4 nitrogen and oxygen atoms in total. The van der Waals surface area contributed by atoms with Crippen molar-refractivity contribution >= 4 is 32.9 Å². The normalized spacial score (nSPS) is 16.6. The zero-order valence-electron chi connectivity index (χ0n) is 11.6. The predicted octanol–water partition coefficient (Wildman–Crippen LogP) is 2.78. The molecule has 1 aliphatic rings. The molecule has 0 aliphatic heterocycles. The molecule has 0 saturated heterocycles. The van der Waals surface area contributed by atoms with Crippen LogP contribution in [0, 0.1) is 11.7 Å². The molecule has 0 aromatic heterocycles. The van der Waals surface area contributed by atoms with Gasteiger partial charge in [-0.05, 0) is 37.0 Å². The number of hydrogen-bond donors (Lipinski definition) is 2. The summed E-state index contributed by atoms with van der Waals surface area (Å²) in [5.41, 5.74) is 5.96. The Kier molecular flexibility index (Phi) is 5.16. The van der Waals surface area contributed by atoms with Crippen molar-refractivity contribution in [1.29, 1.82) is 0 Å². The van der Waals surface area contributed by atoms with Gasteiger partial charge in [0, 0.05) is 5.56 Å². The number of nitrogens with two attached hydrogens (primary N) is 1. The Bertz CT molecular complexity index is 626. The smallest absolute Gasteiger partial charge is 0.233 e. The third-order valence-electron chi connectivity index (χ3n) is 3.69. The van der Waals surface area contributed by atoms with Crippen LogP contribution in [-0.4, -0.2) is 19.2 Å². The van der Waals surface area contributed by atoms with Gasteiger partial charge in [-0.1, -0.05) is 31.5 Å². The molecule has 1 saturated carbocycles. The van der Waals surface area contributed by atoms with Gasteiger partial charge < -0.3 is 5.73 Å². The number of rotatable bonds is 5. The number of benzene rings is 1. The molecule has 0 heterocycles. The maximum atomic E-state index is 13.2. The summed E-state index contributed by atoms with van der Waals surface area (Å²) in [4.78, 5) is -0.0372. The lowest BCUT2D eigenvalue weighted by atomic mass is 9.91. The molecule has 1 aromatic carbocycles. The molecule has 0 atom stereocenters. The van der Waals surface area contributed by atoms with Crippen molar-refractivity contribution in [3.63, 3.8) is 0 Å². The highest BCUT2D eigenvalue weighted by atomic mass is 32.2. The van der Waals surface area contributed by atoms with E-state index in [0.29, 0.717) is 0 Å². The first-order valence-electron chi connectivity index (χ1n) is 6.97. The minimum Gasteiger partial charge on any atom is -0.389 e. The Hall–Kier alpha value is -1.21. The van der Waals surface area contributed by atoms with Crippen LogP contribution in [0.4, 0.5) is 10.1 Å². The van der Waals surface area contributed by atoms with E-state index in [1.54, 1.807) is 0 Å². The van der Waals surface area contributed by atoms with Crippen molar-refractivity contribution in [2.24, 2.45) is 11.7 Å². The zero-order valence-corrected chi connectivity index (χ0v) is 13.3. The summed E-state index contributed by atoms with van der Waals surface area (Å²) in [5, 5.41) is 0. The van der Waals surface area contributed by atoms with Crippen molar-refractivity contribution in [3.8, 4) is 0 Å². The number of halogens is 1. The molecular formula is C14H19FN2O2S2. The molecule has 1 fully saturated rings. The SMILES string of the molecule is NC(=S)c1cc(F)ccc1NS(=O)(=O)CC1CCCCC1. The standard InChI is InChI=1S/C14H19FN2O2S2/c15-11-6-7-13(12(8-11)14(16)20)17-21(18,19)9-10-4-2-1-3-5-10/h6-8,10,17H,1-5,9H2,(H2,16,20). The van der Waals surface area contributed by atoms with Crippen LogP contribution in [-0.2, 0) is 10.0 Å². The van der Waals surface area contributed by atoms with Gasteiger partial charge in [0.2, 0.25) is 10.0 Å². The predicted molar refractivity (Wildman–Crippen MR) is 86.3 cm³/mol. The van der Waals surface area contributed by atoms with E-state index >= 15 is 0 Å². The Labute approximate surface area is 130 Å². The molecule has 0 bridgehead atoms. The van der Waals surface area contributed by atoms with Crippen molar-refractivity contribution < 1.29 is 12.8 Å². The number of sulfonamides is 1. The number of hydrogen-bond acceptors (Lipinski definition) is 3. The lowest BCUT2D eigenvalue weighted by Crippen LogP contribution is -2.25. The summed E-state index contributed by atoms with van der Waals surface area (Å²) in [6.07, 6.45) is 5.20. The van der Waals surface area contributed by atoms with Gasteiger partial charge in [-0.15, -0.1) is 0 Å². The van der Waals surface area contributed by atoms with Gasteiger partial charge >= 0.3 is 0 Å². The third-order valence-corrected chi connectivity index (χ3v) is 5.35. The van der Waals surface area contributed by atoms with Gasteiger partial charge in [-0.2, -0.15) is 0 Å². The van der Waals surface area contributed by atoms with E-state index in [0.717, 1.165) is 31.7 Å². The fourth-order valence-electron chi connectivity index (χ4n) is 2.68. The molecule has 0 amide bonds. The van der Waals surface area contributed by atoms with Crippen LogP contribution < -0.4 is 10.5 Å². The van der Waals surface area contributed by atoms with Crippen LogP contribution in [0.3, 0.4) is 0 Å². The molecule has 116 valence electrons. The first kappa shape index (κ1) is 16.2. The summed E-state index contributed by atoms with van der Waals surface area (Å²) in [7, 11) is -3.49. The van der Waals surface area contributed by atoms with E-state index in [2.05, 4.69) is 4.72 Å². The molecule has 0 radical (unpaired) electrons. The van der Waals surface area contributed by atoms with Crippen LogP contribution >= 0.6 is 12.2 Å². The lowest BCUT2D eigenvalue weighted by Gasteiger charge is -2.22. The second-order valence-electron chi connectivity index (χ2n) is 5.44. The van der Waals surface area contributed by atoms with Gasteiger partial charge in [-0.25, -0.2) is 12.8 Å². The van der Waals surface area contributed by atoms with E-state index in [4.69, 9.17) is 18.0 Å². The molecule has 7 heteroatoms. The Morgan fingerprint density at radius 2 is 2.00 bits per heavy atom. The van der Waals surface area contributed by atoms with Gasteiger partial charge in [-0.3, -0.25) is 4.72 Å². The Balaban J connectivity index is 2.14. The van der Waals surface area contributed by atoms with Gasteiger partial charge in [0.15, 0.2) is 0 Å². The minimum absolute atomic E-state index is 0.0372. The first-order valence-corrected chi connectivity index (χ1v) is 9.03. The zero-order chi connectivity index (χ0) is 15.5. The van der Waals surface area contributed by atoms with Crippen LogP contribution in [0.2, 0.25) is 0 Å². The average molecular weight is 330 g/mol. The van der Waals surface area contributed by atoms with E-state index in [1.807, 2.05) is 0 Å². The maximum Gasteiger partial charge on any atom is 0.233 e. The first-order chi connectivity index (χ1) is 9.87. The van der Waals surface area contributed by atoms with Crippen molar-refractivity contribution in [3.05, 3.63) is 29.6 Å². The lowest BCUT2D eigenvalue weighted by molar-refractivity contribution is 0.385. The highest BCUT2D eigenvalue weighted by Crippen LogP contribution is 2.26. The quantitative estimate of drug-likeness (QED) is 0.814. The monoisotopic (exact) mass is 330 g/mol. The third kappa shape index (κ3) is 4.64. The molecule has 3 N–H and O–H groups in total. The topological polar surface area (TPSA) is 72.2 Å². The summed E-state index contributed by atoms with van der Waals surface area (Å²) < 4.78 is 40.2. The van der Waals surface area contributed by atoms with E-state index in [1.165, 1.54) is 18.6 Å². The fourth-order valence-corrected chi connectivity index (χ4v) is 4.40. The average Bonchev–Trinajstić information content (AvgIpc) is 2.41. The van der Waals surface area contributed by atoms with E-state index in [-0.39, 0.29) is 27.9 Å². The highest BCUT2D eigenvalue weighted by Gasteiger charge is 2.22.